The normalized spacial score (nSPS) is 19.0. The highest BCUT2D eigenvalue weighted by Gasteiger charge is 2.32. The molecule has 1 atom stereocenters. The maximum absolute atomic E-state index is 9.17. The van der Waals surface area contributed by atoms with Crippen molar-refractivity contribution in [3.63, 3.8) is 0 Å². The summed E-state index contributed by atoms with van der Waals surface area (Å²) in [5, 5.41) is 12.6. The second kappa shape index (κ2) is 6.98. The lowest BCUT2D eigenvalue weighted by Crippen LogP contribution is -2.43. The fourth-order valence-corrected chi connectivity index (χ4v) is 1.81. The van der Waals surface area contributed by atoms with Crippen LogP contribution in [0.3, 0.4) is 0 Å². The van der Waals surface area contributed by atoms with Crippen LogP contribution in [-0.2, 0) is 4.74 Å². The Hall–Kier alpha value is -0.590. The van der Waals surface area contributed by atoms with Crippen LogP contribution in [0.15, 0.2) is 0 Å². The van der Waals surface area contributed by atoms with Crippen molar-refractivity contribution in [2.75, 3.05) is 13.2 Å². The molecule has 0 aliphatic heterocycles. The molecule has 1 fully saturated rings. The fourth-order valence-electron chi connectivity index (χ4n) is 1.81. The highest BCUT2D eigenvalue weighted by atomic mass is 16.5. The summed E-state index contributed by atoms with van der Waals surface area (Å²) in [7, 11) is 0. The molecule has 17 heavy (non-hydrogen) atoms. The molecule has 0 spiro atoms. The molecule has 0 bridgehead atoms. The van der Waals surface area contributed by atoms with Crippen LogP contribution in [0.1, 0.15) is 52.9 Å². The van der Waals surface area contributed by atoms with E-state index in [1.807, 2.05) is 6.92 Å². The molecular formula is C14H26N2O. The smallest absolute Gasteiger partial charge is 0.106 e. The molecule has 1 aliphatic carbocycles. The minimum Gasteiger partial charge on any atom is -0.381 e. The van der Waals surface area contributed by atoms with E-state index in [0.29, 0.717) is 12.6 Å². The molecule has 0 saturated heterocycles. The molecule has 0 radical (unpaired) electrons. The summed E-state index contributed by atoms with van der Waals surface area (Å²) in [6.07, 6.45) is 5.55. The summed E-state index contributed by atoms with van der Waals surface area (Å²) in [6.45, 7) is 7.94. The number of rotatable bonds is 9. The van der Waals surface area contributed by atoms with Gasteiger partial charge in [-0.25, -0.2) is 0 Å². The summed E-state index contributed by atoms with van der Waals surface area (Å²) >= 11 is 0. The molecule has 1 N–H and O–H groups in total. The zero-order chi connectivity index (χ0) is 12.7. The molecule has 1 rings (SSSR count). The molecule has 1 saturated carbocycles. The monoisotopic (exact) mass is 238 g/mol. The third-order valence-corrected chi connectivity index (χ3v) is 3.16. The number of ether oxygens (including phenoxy) is 1. The van der Waals surface area contributed by atoms with E-state index in [-0.39, 0.29) is 0 Å². The Labute approximate surface area is 106 Å². The quantitative estimate of drug-likeness (QED) is 0.628. The van der Waals surface area contributed by atoms with Crippen molar-refractivity contribution in [2.45, 2.75) is 64.5 Å². The Kier molecular flexibility index (Phi) is 5.94. The zero-order valence-corrected chi connectivity index (χ0v) is 11.5. The van der Waals surface area contributed by atoms with Gasteiger partial charge in [0.05, 0.1) is 6.07 Å². The number of nitriles is 1. The van der Waals surface area contributed by atoms with Gasteiger partial charge in [-0.15, -0.1) is 0 Å². The van der Waals surface area contributed by atoms with Gasteiger partial charge < -0.3 is 4.74 Å². The molecule has 0 heterocycles. The molecule has 3 heteroatoms. The number of nitrogens with zero attached hydrogens (tertiary/aromatic N) is 1. The van der Waals surface area contributed by atoms with E-state index in [1.54, 1.807) is 0 Å². The first-order chi connectivity index (χ1) is 8.06. The van der Waals surface area contributed by atoms with Crippen LogP contribution in [0.25, 0.3) is 0 Å². The van der Waals surface area contributed by atoms with Gasteiger partial charge in [-0.05, 0) is 38.5 Å². The lowest BCUT2D eigenvalue weighted by molar-refractivity contribution is 0.112. The zero-order valence-electron chi connectivity index (χ0n) is 11.5. The Morgan fingerprint density at radius 3 is 2.65 bits per heavy atom. The average Bonchev–Trinajstić information content (AvgIpc) is 3.06. The summed E-state index contributed by atoms with van der Waals surface area (Å²) in [4.78, 5) is 0. The van der Waals surface area contributed by atoms with Crippen molar-refractivity contribution in [2.24, 2.45) is 5.92 Å². The minimum atomic E-state index is -0.404. The van der Waals surface area contributed by atoms with Gasteiger partial charge in [0.2, 0.25) is 0 Å². The van der Waals surface area contributed by atoms with Gasteiger partial charge in [-0.3, -0.25) is 5.32 Å². The maximum atomic E-state index is 9.17. The van der Waals surface area contributed by atoms with Crippen LogP contribution in [0.4, 0.5) is 0 Å². The van der Waals surface area contributed by atoms with Crippen molar-refractivity contribution < 1.29 is 4.74 Å². The van der Waals surface area contributed by atoms with Gasteiger partial charge in [0.25, 0.3) is 0 Å². The maximum Gasteiger partial charge on any atom is 0.106 e. The van der Waals surface area contributed by atoms with Crippen LogP contribution in [0.2, 0.25) is 0 Å². The van der Waals surface area contributed by atoms with Crippen molar-refractivity contribution in [1.82, 2.24) is 5.32 Å². The van der Waals surface area contributed by atoms with Crippen molar-refractivity contribution in [1.29, 1.82) is 5.26 Å². The van der Waals surface area contributed by atoms with E-state index in [2.05, 4.69) is 25.2 Å². The van der Waals surface area contributed by atoms with Crippen molar-refractivity contribution in [3.8, 4) is 6.07 Å². The van der Waals surface area contributed by atoms with Crippen LogP contribution >= 0.6 is 0 Å². The largest absolute Gasteiger partial charge is 0.381 e. The van der Waals surface area contributed by atoms with Crippen LogP contribution in [0.5, 0.6) is 0 Å². The van der Waals surface area contributed by atoms with Crippen LogP contribution in [-0.4, -0.2) is 24.8 Å². The predicted octanol–water partition coefficient (Wildman–Crippen LogP) is 2.86. The van der Waals surface area contributed by atoms with Gasteiger partial charge in [0.15, 0.2) is 0 Å². The molecule has 0 amide bonds. The Balaban J connectivity index is 2.05. The highest BCUT2D eigenvalue weighted by Crippen LogP contribution is 2.23. The molecule has 1 aliphatic rings. The van der Waals surface area contributed by atoms with E-state index in [4.69, 9.17) is 10.00 Å². The third-order valence-electron chi connectivity index (χ3n) is 3.16. The van der Waals surface area contributed by atoms with E-state index in [9.17, 15) is 0 Å². The minimum absolute atomic E-state index is 0.404. The first-order valence-electron chi connectivity index (χ1n) is 6.82. The molecule has 0 aromatic carbocycles. The van der Waals surface area contributed by atoms with Gasteiger partial charge >= 0.3 is 0 Å². The standard InChI is InChI=1S/C14H26N2O/c1-12(2)5-4-9-17-10-8-14(3,11-15)16-13-6-7-13/h12-13,16H,4-10H2,1-3H3. The topological polar surface area (TPSA) is 45.0 Å². The molecule has 3 nitrogen and oxygen atoms in total. The summed E-state index contributed by atoms with van der Waals surface area (Å²) in [5.74, 6) is 0.750. The van der Waals surface area contributed by atoms with E-state index in [0.717, 1.165) is 25.4 Å². The number of hydrogen-bond acceptors (Lipinski definition) is 3. The first-order valence-corrected chi connectivity index (χ1v) is 6.82. The molecule has 0 aromatic heterocycles. The number of nitrogens with one attached hydrogen (secondary N) is 1. The van der Waals surface area contributed by atoms with E-state index >= 15 is 0 Å². The molecule has 1 unspecified atom stereocenters. The second-order valence-corrected chi connectivity index (χ2v) is 5.76. The average molecular weight is 238 g/mol. The molecule has 0 aromatic rings. The fraction of sp³-hybridized carbons (Fsp3) is 0.929. The molecular weight excluding hydrogens is 212 g/mol. The van der Waals surface area contributed by atoms with Gasteiger partial charge in [-0.2, -0.15) is 5.26 Å². The first kappa shape index (κ1) is 14.5. The van der Waals surface area contributed by atoms with Crippen LogP contribution < -0.4 is 5.32 Å². The second-order valence-electron chi connectivity index (χ2n) is 5.76. The van der Waals surface area contributed by atoms with Crippen molar-refractivity contribution in [3.05, 3.63) is 0 Å². The predicted molar refractivity (Wildman–Crippen MR) is 69.7 cm³/mol. The van der Waals surface area contributed by atoms with E-state index < -0.39 is 5.54 Å². The Morgan fingerprint density at radius 2 is 2.12 bits per heavy atom. The number of hydrogen-bond donors (Lipinski definition) is 1. The SMILES string of the molecule is CC(C)CCCOCCC(C)(C#N)NC1CC1. The Bertz CT molecular complexity index is 255. The summed E-state index contributed by atoms with van der Waals surface area (Å²) < 4.78 is 5.59. The van der Waals surface area contributed by atoms with Gasteiger partial charge in [0, 0.05) is 25.7 Å². The van der Waals surface area contributed by atoms with Crippen molar-refractivity contribution >= 4 is 0 Å². The lowest BCUT2D eigenvalue weighted by Gasteiger charge is -2.23. The lowest BCUT2D eigenvalue weighted by atomic mass is 10.0. The van der Waals surface area contributed by atoms with Crippen LogP contribution in [0, 0.1) is 17.2 Å². The summed E-state index contributed by atoms with van der Waals surface area (Å²) in [6, 6.07) is 2.94. The molecule has 98 valence electrons. The Morgan fingerprint density at radius 1 is 1.41 bits per heavy atom. The van der Waals surface area contributed by atoms with Gasteiger partial charge in [0.1, 0.15) is 5.54 Å². The van der Waals surface area contributed by atoms with Gasteiger partial charge in [-0.1, -0.05) is 13.8 Å². The van der Waals surface area contributed by atoms with E-state index in [1.165, 1.54) is 19.3 Å². The summed E-state index contributed by atoms with van der Waals surface area (Å²) in [5.41, 5.74) is -0.404. The third kappa shape index (κ3) is 6.65. The highest BCUT2D eigenvalue weighted by molar-refractivity contribution is 5.06.